The number of benzene rings is 3. The van der Waals surface area contributed by atoms with Crippen molar-refractivity contribution in [3.8, 4) is 11.1 Å². The maximum absolute atomic E-state index is 14.0. The first kappa shape index (κ1) is 33.2. The van der Waals surface area contributed by atoms with Gasteiger partial charge in [0.2, 0.25) is 6.41 Å². The monoisotopic (exact) mass is 641 g/mol. The van der Waals surface area contributed by atoms with E-state index in [1.807, 2.05) is 12.3 Å². The molecule has 3 aromatic carbocycles. The van der Waals surface area contributed by atoms with Gasteiger partial charge in [0.25, 0.3) is 5.91 Å². The highest BCUT2D eigenvalue weighted by Crippen LogP contribution is 2.33. The summed E-state index contributed by atoms with van der Waals surface area (Å²) in [6.45, 7) is 1.92. The van der Waals surface area contributed by atoms with Gasteiger partial charge in [0.1, 0.15) is 11.6 Å². The summed E-state index contributed by atoms with van der Waals surface area (Å²) in [5.41, 5.74) is 5.02. The third kappa shape index (κ3) is 8.09. The molecule has 7 nitrogen and oxygen atoms in total. The first-order valence-corrected chi connectivity index (χ1v) is 14.2. The zero-order valence-corrected chi connectivity index (χ0v) is 25.0. The molecule has 5 N–H and O–H groups in total. The largest absolute Gasteiger partial charge is 0.416 e. The number of amides is 2. The number of nitrogens with zero attached hydrogens (tertiary/aromatic N) is 1. The third-order valence-corrected chi connectivity index (χ3v) is 7.32. The summed E-state index contributed by atoms with van der Waals surface area (Å²) < 4.78 is 65.2. The van der Waals surface area contributed by atoms with Crippen LogP contribution in [0.2, 0.25) is 0 Å². The van der Waals surface area contributed by atoms with Gasteiger partial charge < -0.3 is 10.3 Å². The maximum atomic E-state index is 14.0. The van der Waals surface area contributed by atoms with Crippen molar-refractivity contribution in [1.29, 1.82) is 0 Å². The van der Waals surface area contributed by atoms with Crippen molar-refractivity contribution in [2.24, 2.45) is 5.84 Å². The number of aromatic amines is 1. The molecule has 2 amide bonds. The highest BCUT2D eigenvalue weighted by Gasteiger charge is 2.30. The number of carbonyl (C=O) groups excluding carboxylic acids is 2. The first-order valence-electron chi connectivity index (χ1n) is 13.6. The normalized spacial score (nSPS) is 11.8. The van der Waals surface area contributed by atoms with Crippen LogP contribution in [-0.2, 0) is 23.8 Å². The van der Waals surface area contributed by atoms with Gasteiger partial charge in [-0.05, 0) is 83.4 Å². The Bertz CT molecular complexity index is 1810. The average molecular weight is 642 g/mol. The summed E-state index contributed by atoms with van der Waals surface area (Å²) in [5.74, 6) is 3.25. The minimum Gasteiger partial charge on any atom is -0.361 e. The van der Waals surface area contributed by atoms with Gasteiger partial charge in [-0.3, -0.25) is 20.0 Å². The summed E-state index contributed by atoms with van der Waals surface area (Å²) >= 11 is 0. The number of H-pyrrole nitrogens is 1. The van der Waals surface area contributed by atoms with Gasteiger partial charge in [0.15, 0.2) is 0 Å². The minimum atomic E-state index is -4.27. The number of hydrogen-bond acceptors (Lipinski definition) is 4. The molecule has 13 heteroatoms. The van der Waals surface area contributed by atoms with Crippen LogP contribution in [0.5, 0.6) is 0 Å². The second-order valence-electron chi connectivity index (χ2n) is 9.96. The van der Waals surface area contributed by atoms with Gasteiger partial charge in [-0.2, -0.15) is 13.2 Å². The molecular formula is C32H29F5N5O2P. The van der Waals surface area contributed by atoms with Crippen molar-refractivity contribution in [3.05, 3.63) is 119 Å². The van der Waals surface area contributed by atoms with Crippen LogP contribution >= 0.6 is 9.24 Å². The van der Waals surface area contributed by atoms with Crippen molar-refractivity contribution in [3.63, 3.8) is 0 Å². The fraction of sp³-hybridized carbons (Fsp3) is 0.156. The number of alkyl halides is 3. The highest BCUT2D eigenvalue weighted by molar-refractivity contribution is 7.27. The summed E-state index contributed by atoms with van der Waals surface area (Å²) in [7, 11) is 2.44. The van der Waals surface area contributed by atoms with E-state index < -0.39 is 29.5 Å². The number of nitrogen functional groups attached to an aromatic ring is 1. The third-order valence-electron chi connectivity index (χ3n) is 6.99. The Balaban J connectivity index is 0.000000256. The van der Waals surface area contributed by atoms with Crippen LogP contribution in [0.1, 0.15) is 45.7 Å². The predicted octanol–water partition coefficient (Wildman–Crippen LogP) is 5.91. The molecule has 2 unspecified atom stereocenters. The number of carbonyl (C=O) groups is 2. The van der Waals surface area contributed by atoms with E-state index in [2.05, 4.69) is 24.5 Å². The molecule has 0 radical (unpaired) electrons. The van der Waals surface area contributed by atoms with E-state index in [4.69, 9.17) is 5.84 Å². The fourth-order valence-electron chi connectivity index (χ4n) is 4.88. The topological polar surface area (TPSA) is 113 Å². The van der Waals surface area contributed by atoms with E-state index in [9.17, 15) is 31.5 Å². The molecule has 2 atom stereocenters. The lowest BCUT2D eigenvalue weighted by Crippen LogP contribution is -2.30. The van der Waals surface area contributed by atoms with Crippen LogP contribution in [0.3, 0.4) is 0 Å². The zero-order valence-electron chi connectivity index (χ0n) is 23.9. The molecule has 0 fully saturated rings. The zero-order chi connectivity index (χ0) is 32.7. The molecular weight excluding hydrogens is 612 g/mol. The predicted molar refractivity (Wildman–Crippen MR) is 165 cm³/mol. The summed E-state index contributed by atoms with van der Waals surface area (Å²) in [6, 6.07) is 15.2. The van der Waals surface area contributed by atoms with Crippen LogP contribution in [-0.4, -0.2) is 22.3 Å². The number of fused-ring (bicyclic) bond motifs is 1. The number of aryl methyl sites for hydroxylation is 1. The molecule has 0 bridgehead atoms. The standard InChI is InChI=1S/C21H19F2N4O2P.C11H10F3N/c22-14-6-12(7-15(30)10-14)8-19(26-11-28)20-16(2-1-5-25-20)13-3-4-18(23)17(9-13)21(29)27-24;1-2-7-6-15-10-4-3-8(5-9(7)10)11(12,13)14/h1-7,9-11,19H,8,24,30H2,(H,26,28)(H,27,29);3-6,15H,2H2,1H3. The summed E-state index contributed by atoms with van der Waals surface area (Å²) in [6.07, 6.45) is 0.589. The summed E-state index contributed by atoms with van der Waals surface area (Å²) in [4.78, 5) is 30.5. The fourth-order valence-corrected chi connectivity index (χ4v) is 5.25. The van der Waals surface area contributed by atoms with Crippen molar-refractivity contribution in [1.82, 2.24) is 20.7 Å². The number of hydrogen-bond donors (Lipinski definition) is 4. The Kier molecular flexibility index (Phi) is 10.6. The maximum Gasteiger partial charge on any atom is 0.416 e. The van der Waals surface area contributed by atoms with Crippen LogP contribution in [0.4, 0.5) is 22.0 Å². The first-order chi connectivity index (χ1) is 21.4. The number of pyridine rings is 1. The molecule has 5 rings (SSSR count). The quantitative estimate of drug-likeness (QED) is 0.0422. The Morgan fingerprint density at radius 1 is 1.09 bits per heavy atom. The lowest BCUT2D eigenvalue weighted by molar-refractivity contribution is -0.137. The smallest absolute Gasteiger partial charge is 0.361 e. The second kappa shape index (κ2) is 14.4. The van der Waals surface area contributed by atoms with Gasteiger partial charge in [-0.15, -0.1) is 9.24 Å². The van der Waals surface area contributed by atoms with Crippen molar-refractivity contribution in [2.75, 3.05) is 0 Å². The Labute approximate surface area is 257 Å². The number of rotatable bonds is 8. The molecule has 0 saturated carbocycles. The molecule has 0 aliphatic heterocycles. The molecule has 2 heterocycles. The average Bonchev–Trinajstić information content (AvgIpc) is 3.43. The van der Waals surface area contributed by atoms with Crippen LogP contribution in [0.25, 0.3) is 22.0 Å². The van der Waals surface area contributed by atoms with E-state index in [1.54, 1.807) is 30.6 Å². The highest BCUT2D eigenvalue weighted by atomic mass is 31.0. The van der Waals surface area contributed by atoms with Crippen LogP contribution in [0, 0.1) is 11.6 Å². The van der Waals surface area contributed by atoms with Gasteiger partial charge >= 0.3 is 6.18 Å². The Morgan fingerprint density at radius 3 is 2.53 bits per heavy atom. The molecule has 5 aromatic rings. The van der Waals surface area contributed by atoms with Crippen LogP contribution < -0.4 is 21.9 Å². The van der Waals surface area contributed by atoms with E-state index in [-0.39, 0.29) is 17.8 Å². The van der Waals surface area contributed by atoms with E-state index in [0.717, 1.165) is 29.6 Å². The number of hydrazine groups is 1. The molecule has 0 aliphatic rings. The number of halogens is 5. The molecule has 45 heavy (non-hydrogen) atoms. The lowest BCUT2D eigenvalue weighted by Gasteiger charge is -2.20. The molecule has 2 aromatic heterocycles. The van der Waals surface area contributed by atoms with E-state index in [1.165, 1.54) is 36.4 Å². The van der Waals surface area contributed by atoms with E-state index >= 15 is 0 Å². The molecule has 0 aliphatic carbocycles. The summed E-state index contributed by atoms with van der Waals surface area (Å²) in [5, 5.41) is 4.04. The van der Waals surface area contributed by atoms with Crippen molar-refractivity contribution < 1.29 is 31.5 Å². The van der Waals surface area contributed by atoms with Gasteiger partial charge in [-0.25, -0.2) is 14.6 Å². The van der Waals surface area contributed by atoms with Crippen molar-refractivity contribution in [2.45, 2.75) is 32.0 Å². The second-order valence-corrected chi connectivity index (χ2v) is 10.6. The Morgan fingerprint density at radius 2 is 1.87 bits per heavy atom. The van der Waals surface area contributed by atoms with Gasteiger partial charge in [0.05, 0.1) is 22.9 Å². The van der Waals surface area contributed by atoms with Gasteiger partial charge in [-0.1, -0.05) is 25.1 Å². The SMILES string of the molecule is CCc1c[nH]c2ccc(C(F)(F)F)cc12.NNC(=O)c1cc(-c2cccnc2C(Cc2cc(F)cc(P)c2)NC=O)ccc1F. The molecule has 0 spiro atoms. The number of nitrogens with one attached hydrogen (secondary N) is 3. The lowest BCUT2D eigenvalue weighted by atomic mass is 9.94. The number of aromatic nitrogens is 2. The van der Waals surface area contributed by atoms with E-state index in [0.29, 0.717) is 39.5 Å². The molecule has 234 valence electrons. The van der Waals surface area contributed by atoms with Gasteiger partial charge in [0, 0.05) is 28.9 Å². The van der Waals surface area contributed by atoms with Crippen molar-refractivity contribution >= 4 is 37.8 Å². The molecule has 0 saturated heterocycles. The number of nitrogens with two attached hydrogens (primary N) is 1. The van der Waals surface area contributed by atoms with Crippen LogP contribution in [0.15, 0.2) is 79.1 Å². The minimum absolute atomic E-state index is 0.220. The Hall–Kier alpha value is -4.67.